The highest BCUT2D eigenvalue weighted by Gasteiger charge is 2.20. The minimum Gasteiger partial charge on any atom is -0.423 e. The molecule has 0 bridgehead atoms. The molecule has 0 aliphatic carbocycles. The van der Waals surface area contributed by atoms with Gasteiger partial charge in [-0.3, -0.25) is 0 Å². The summed E-state index contributed by atoms with van der Waals surface area (Å²) in [6, 6.07) is 6.25. The Labute approximate surface area is 106 Å². The summed E-state index contributed by atoms with van der Waals surface area (Å²) >= 11 is 1.63. The first-order chi connectivity index (χ1) is 7.99. The third-order valence-corrected chi connectivity index (χ3v) is 3.96. The van der Waals surface area contributed by atoms with Crippen molar-refractivity contribution >= 4 is 34.0 Å². The Hall–Kier alpha value is -0.835. The second-order valence-electron chi connectivity index (χ2n) is 4.87. The third kappa shape index (κ3) is 2.54. The van der Waals surface area contributed by atoms with Crippen molar-refractivity contribution in [2.45, 2.75) is 27.2 Å². The lowest BCUT2D eigenvalue weighted by atomic mass is 9.78. The third-order valence-electron chi connectivity index (χ3n) is 2.88. The van der Waals surface area contributed by atoms with Gasteiger partial charge in [-0.1, -0.05) is 26.0 Å². The van der Waals surface area contributed by atoms with Crippen LogP contribution < -0.4 is 5.46 Å². The van der Waals surface area contributed by atoms with Crippen molar-refractivity contribution in [3.8, 4) is 0 Å². The predicted molar refractivity (Wildman–Crippen MR) is 74.9 cm³/mol. The zero-order valence-electron chi connectivity index (χ0n) is 10.4. The molecule has 0 saturated carbocycles. The van der Waals surface area contributed by atoms with Crippen LogP contribution in [0.25, 0.3) is 10.1 Å². The summed E-state index contributed by atoms with van der Waals surface area (Å²) in [7, 11) is -1.38. The maximum Gasteiger partial charge on any atom is 0.490 e. The quantitative estimate of drug-likeness (QED) is 0.816. The molecule has 2 nitrogen and oxygen atoms in total. The van der Waals surface area contributed by atoms with Crippen molar-refractivity contribution in [3.05, 3.63) is 28.6 Å². The predicted octanol–water partition coefficient (Wildman–Crippen LogP) is 2.09. The number of hydrogen-bond acceptors (Lipinski definition) is 3. The fourth-order valence-electron chi connectivity index (χ4n) is 2.20. The van der Waals surface area contributed by atoms with Crippen LogP contribution in [0.15, 0.2) is 18.2 Å². The molecule has 0 unspecified atom stereocenters. The summed E-state index contributed by atoms with van der Waals surface area (Å²) in [6.45, 7) is 6.33. The maximum absolute atomic E-state index is 9.37. The highest BCUT2D eigenvalue weighted by molar-refractivity contribution is 7.20. The van der Waals surface area contributed by atoms with E-state index < -0.39 is 7.12 Å². The van der Waals surface area contributed by atoms with Crippen LogP contribution >= 0.6 is 11.3 Å². The maximum atomic E-state index is 9.37. The first-order valence-electron chi connectivity index (χ1n) is 5.87. The van der Waals surface area contributed by atoms with Gasteiger partial charge in [0.2, 0.25) is 0 Å². The Morgan fingerprint density at radius 2 is 2.00 bits per heavy atom. The Morgan fingerprint density at radius 1 is 1.29 bits per heavy atom. The zero-order chi connectivity index (χ0) is 12.6. The Morgan fingerprint density at radius 3 is 2.59 bits per heavy atom. The molecule has 0 fully saturated rings. The summed E-state index contributed by atoms with van der Waals surface area (Å²) in [5.41, 5.74) is 1.97. The molecule has 1 aromatic heterocycles. The van der Waals surface area contributed by atoms with Crippen LogP contribution in [0.2, 0.25) is 0 Å². The molecule has 90 valence electrons. The Balaban J connectivity index is 2.50. The fraction of sp³-hybridized carbons (Fsp3) is 0.385. The van der Waals surface area contributed by atoms with Crippen molar-refractivity contribution in [3.63, 3.8) is 0 Å². The van der Waals surface area contributed by atoms with E-state index in [9.17, 15) is 10.0 Å². The minimum atomic E-state index is -1.38. The van der Waals surface area contributed by atoms with Crippen molar-refractivity contribution in [1.29, 1.82) is 0 Å². The van der Waals surface area contributed by atoms with Gasteiger partial charge in [-0.25, -0.2) is 0 Å². The molecule has 0 aliphatic rings. The molecule has 0 radical (unpaired) electrons. The SMILES string of the molecule is Cc1sc2cc(CC(C)C)ccc2c1B(O)O. The smallest absolute Gasteiger partial charge is 0.423 e. The van der Waals surface area contributed by atoms with Gasteiger partial charge in [-0.15, -0.1) is 11.3 Å². The number of benzene rings is 1. The summed E-state index contributed by atoms with van der Waals surface area (Å²) in [6.07, 6.45) is 1.06. The van der Waals surface area contributed by atoms with E-state index in [-0.39, 0.29) is 0 Å². The highest BCUT2D eigenvalue weighted by atomic mass is 32.1. The molecular formula is C13H17BO2S. The second kappa shape index (κ2) is 4.80. The molecule has 0 atom stereocenters. The Kier molecular flexibility index (Phi) is 3.57. The molecule has 0 amide bonds. The zero-order valence-corrected chi connectivity index (χ0v) is 11.2. The van der Waals surface area contributed by atoms with Crippen LogP contribution in [0.3, 0.4) is 0 Å². The lowest BCUT2D eigenvalue weighted by Gasteiger charge is -2.05. The van der Waals surface area contributed by atoms with E-state index in [2.05, 4.69) is 26.0 Å². The number of aryl methyl sites for hydroxylation is 1. The standard InChI is InChI=1S/C13H17BO2S/c1-8(2)6-10-4-5-11-12(7-10)17-9(3)13(11)14(15)16/h4-5,7-8,15-16H,6H2,1-3H3. The molecule has 1 aromatic carbocycles. The molecule has 1 heterocycles. The highest BCUT2D eigenvalue weighted by Crippen LogP contribution is 2.25. The lowest BCUT2D eigenvalue weighted by molar-refractivity contribution is 0.426. The van der Waals surface area contributed by atoms with Gasteiger partial charge in [-0.2, -0.15) is 0 Å². The Bertz CT molecular complexity index is 531. The van der Waals surface area contributed by atoms with E-state index >= 15 is 0 Å². The van der Waals surface area contributed by atoms with Gasteiger partial charge >= 0.3 is 7.12 Å². The van der Waals surface area contributed by atoms with E-state index in [1.807, 2.05) is 13.0 Å². The van der Waals surface area contributed by atoms with E-state index in [0.29, 0.717) is 11.4 Å². The van der Waals surface area contributed by atoms with Crippen LogP contribution in [-0.2, 0) is 6.42 Å². The molecule has 4 heteroatoms. The van der Waals surface area contributed by atoms with E-state index in [0.717, 1.165) is 21.4 Å². The van der Waals surface area contributed by atoms with Crippen molar-refractivity contribution in [1.82, 2.24) is 0 Å². The fourth-order valence-corrected chi connectivity index (χ4v) is 3.36. The number of hydrogen-bond donors (Lipinski definition) is 2. The van der Waals surface area contributed by atoms with Crippen LogP contribution in [0.1, 0.15) is 24.3 Å². The van der Waals surface area contributed by atoms with Gasteiger partial charge in [0.05, 0.1) is 0 Å². The molecule has 2 rings (SSSR count). The summed E-state index contributed by atoms with van der Waals surface area (Å²) in [5, 5.41) is 19.7. The van der Waals surface area contributed by atoms with Gasteiger partial charge in [0.15, 0.2) is 0 Å². The monoisotopic (exact) mass is 248 g/mol. The molecule has 0 spiro atoms. The van der Waals surface area contributed by atoms with Crippen LogP contribution in [0.4, 0.5) is 0 Å². The van der Waals surface area contributed by atoms with Gasteiger partial charge in [0.1, 0.15) is 0 Å². The van der Waals surface area contributed by atoms with E-state index in [1.165, 1.54) is 5.56 Å². The largest absolute Gasteiger partial charge is 0.490 e. The number of thiophene rings is 1. The molecule has 0 saturated heterocycles. The van der Waals surface area contributed by atoms with Crippen molar-refractivity contribution in [2.75, 3.05) is 0 Å². The molecule has 2 N–H and O–H groups in total. The van der Waals surface area contributed by atoms with Gasteiger partial charge in [-0.05, 0) is 36.3 Å². The first-order valence-corrected chi connectivity index (χ1v) is 6.68. The summed E-state index contributed by atoms with van der Waals surface area (Å²) in [4.78, 5) is 0.983. The van der Waals surface area contributed by atoms with Crippen LogP contribution in [0, 0.1) is 12.8 Å². The van der Waals surface area contributed by atoms with Gasteiger partial charge < -0.3 is 10.0 Å². The van der Waals surface area contributed by atoms with Crippen molar-refractivity contribution in [2.24, 2.45) is 5.92 Å². The average Bonchev–Trinajstić information content (AvgIpc) is 2.51. The van der Waals surface area contributed by atoms with E-state index in [1.54, 1.807) is 11.3 Å². The van der Waals surface area contributed by atoms with Crippen LogP contribution in [-0.4, -0.2) is 17.2 Å². The average molecular weight is 248 g/mol. The lowest BCUT2D eigenvalue weighted by Crippen LogP contribution is -2.30. The van der Waals surface area contributed by atoms with Gasteiger partial charge in [0.25, 0.3) is 0 Å². The minimum absolute atomic E-state index is 0.636. The molecule has 17 heavy (non-hydrogen) atoms. The number of fused-ring (bicyclic) bond motifs is 1. The summed E-state index contributed by atoms with van der Waals surface area (Å²) < 4.78 is 1.14. The summed E-state index contributed by atoms with van der Waals surface area (Å²) in [5.74, 6) is 0.636. The molecule has 2 aromatic rings. The van der Waals surface area contributed by atoms with Crippen molar-refractivity contribution < 1.29 is 10.0 Å². The van der Waals surface area contributed by atoms with Gasteiger partial charge in [0, 0.05) is 15.0 Å². The number of rotatable bonds is 3. The molecule has 0 aliphatic heterocycles. The first kappa shape index (κ1) is 12.6. The van der Waals surface area contributed by atoms with Crippen LogP contribution in [0.5, 0.6) is 0 Å². The second-order valence-corrected chi connectivity index (χ2v) is 6.13. The topological polar surface area (TPSA) is 40.5 Å². The van der Waals surface area contributed by atoms with E-state index in [4.69, 9.17) is 0 Å². The molecular weight excluding hydrogens is 231 g/mol. The normalized spacial score (nSPS) is 11.4.